The number of thiophene rings is 2. The minimum absolute atomic E-state index is 0.0310. The average molecular weight is 561 g/mol. The molecule has 208 valence electrons. The quantitative estimate of drug-likeness (QED) is 0.367. The van der Waals surface area contributed by atoms with Gasteiger partial charge in [0.1, 0.15) is 0 Å². The molecule has 39 heavy (non-hydrogen) atoms. The largest absolute Gasteiger partial charge is 0.303 e. The van der Waals surface area contributed by atoms with E-state index in [0.29, 0.717) is 0 Å². The number of carbonyl (C=O) groups excluding carboxylic acids is 1. The summed E-state index contributed by atoms with van der Waals surface area (Å²) >= 11 is 3.60. The summed E-state index contributed by atoms with van der Waals surface area (Å²) in [7, 11) is 0. The number of rotatable bonds is 4. The molecule has 0 amide bonds. The molecular weight excluding hydrogens is 517 g/mol. The number of hydrogen-bond donors (Lipinski definition) is 2. The van der Waals surface area contributed by atoms with E-state index in [9.17, 15) is 4.79 Å². The highest BCUT2D eigenvalue weighted by Gasteiger charge is 2.35. The Bertz CT molecular complexity index is 1400. The van der Waals surface area contributed by atoms with E-state index in [2.05, 4.69) is 115 Å². The topological polar surface area (TPSA) is 41.1 Å². The van der Waals surface area contributed by atoms with E-state index in [0.717, 1.165) is 48.1 Å². The van der Waals surface area contributed by atoms with Gasteiger partial charge >= 0.3 is 0 Å². The van der Waals surface area contributed by atoms with Gasteiger partial charge in [-0.05, 0) is 135 Å². The van der Waals surface area contributed by atoms with Gasteiger partial charge in [-0.3, -0.25) is 4.79 Å². The van der Waals surface area contributed by atoms with Crippen LogP contribution in [0.3, 0.4) is 0 Å². The fourth-order valence-corrected chi connectivity index (χ4v) is 8.92. The van der Waals surface area contributed by atoms with Crippen LogP contribution in [0.2, 0.25) is 0 Å². The fourth-order valence-electron chi connectivity index (χ4n) is 6.76. The van der Waals surface area contributed by atoms with Crippen molar-refractivity contribution >= 4 is 51.8 Å². The van der Waals surface area contributed by atoms with Crippen molar-refractivity contribution in [3.63, 3.8) is 0 Å². The van der Waals surface area contributed by atoms with E-state index in [1.165, 1.54) is 25.8 Å². The van der Waals surface area contributed by atoms with Gasteiger partial charge in [0.2, 0.25) is 0 Å². The zero-order chi connectivity index (χ0) is 28.2. The third-order valence-electron chi connectivity index (χ3n) is 7.91. The summed E-state index contributed by atoms with van der Waals surface area (Å²) in [6.45, 7) is 18.1. The Labute approximate surface area is 243 Å². The van der Waals surface area contributed by atoms with Crippen molar-refractivity contribution in [1.29, 1.82) is 0 Å². The number of carbonyl (C=O) groups is 1. The van der Waals surface area contributed by atoms with Gasteiger partial charge in [-0.15, -0.1) is 22.7 Å². The molecule has 4 heterocycles. The van der Waals surface area contributed by atoms with Gasteiger partial charge in [-0.1, -0.05) is 12.2 Å². The molecule has 0 saturated heterocycles. The first-order valence-corrected chi connectivity index (χ1v) is 15.9. The molecule has 0 bridgehead atoms. The third-order valence-corrected chi connectivity index (χ3v) is 10.1. The van der Waals surface area contributed by atoms with E-state index in [-0.39, 0.29) is 27.9 Å². The van der Waals surface area contributed by atoms with Crippen LogP contribution in [0.15, 0.2) is 47.6 Å². The zero-order valence-electron chi connectivity index (χ0n) is 24.9. The first-order valence-electron chi connectivity index (χ1n) is 14.3. The Hall–Kier alpha value is -2.05. The molecule has 2 aromatic rings. The molecule has 3 aliphatic rings. The maximum Gasteiger partial charge on any atom is 0.185 e. The molecule has 0 radical (unpaired) electrons. The highest BCUT2D eigenvalue weighted by molar-refractivity contribution is 7.14. The molecule has 3 nitrogen and oxygen atoms in total. The maximum atomic E-state index is 13.5. The Balaban J connectivity index is 1.35. The number of ketones is 1. The zero-order valence-corrected chi connectivity index (χ0v) is 26.5. The van der Waals surface area contributed by atoms with Crippen LogP contribution in [-0.4, -0.2) is 27.9 Å². The summed E-state index contributed by atoms with van der Waals surface area (Å²) in [5.41, 5.74) is 4.70. The predicted octanol–water partition coefficient (Wildman–Crippen LogP) is 8.90. The highest BCUT2D eigenvalue weighted by Crippen LogP contribution is 2.40. The Morgan fingerprint density at radius 1 is 0.769 bits per heavy atom. The summed E-state index contributed by atoms with van der Waals surface area (Å²) in [5.74, 6) is 0.218. The second-order valence-electron chi connectivity index (χ2n) is 14.0. The molecule has 1 fully saturated rings. The molecule has 2 aromatic heterocycles. The Morgan fingerprint density at radius 2 is 1.36 bits per heavy atom. The smallest absolute Gasteiger partial charge is 0.185 e. The van der Waals surface area contributed by atoms with E-state index in [4.69, 9.17) is 0 Å². The first-order chi connectivity index (χ1) is 18.1. The second-order valence-corrected chi connectivity index (χ2v) is 16.2. The van der Waals surface area contributed by atoms with Crippen LogP contribution in [0.1, 0.15) is 107 Å². The molecule has 1 saturated carbocycles. The summed E-state index contributed by atoms with van der Waals surface area (Å²) < 4.78 is 0. The van der Waals surface area contributed by atoms with E-state index >= 15 is 0 Å². The van der Waals surface area contributed by atoms with Crippen LogP contribution in [-0.2, 0) is 4.79 Å². The molecule has 1 aliphatic carbocycles. The van der Waals surface area contributed by atoms with Gasteiger partial charge in [0.25, 0.3) is 0 Å². The monoisotopic (exact) mass is 560 g/mol. The molecule has 5 heteroatoms. The predicted molar refractivity (Wildman–Crippen MR) is 171 cm³/mol. The number of Topliss-reactive ketones (excluding diaryl/α,β-unsaturated/α-hetero) is 1. The third kappa shape index (κ3) is 6.48. The maximum absolute atomic E-state index is 13.5. The molecule has 2 N–H and O–H groups in total. The van der Waals surface area contributed by atoms with Gasteiger partial charge in [0.05, 0.1) is 0 Å². The molecule has 0 atom stereocenters. The van der Waals surface area contributed by atoms with E-state index in [1.807, 2.05) is 0 Å². The Kier molecular flexibility index (Phi) is 7.37. The lowest BCUT2D eigenvalue weighted by atomic mass is 9.82. The van der Waals surface area contributed by atoms with Crippen LogP contribution in [0.4, 0.5) is 0 Å². The number of allylic oxidation sites excluding steroid dienone is 2. The summed E-state index contributed by atoms with van der Waals surface area (Å²) in [6.07, 6.45) is 13.8. The van der Waals surface area contributed by atoms with Crippen molar-refractivity contribution in [1.82, 2.24) is 10.6 Å². The molecule has 0 aromatic carbocycles. The molecule has 2 aliphatic heterocycles. The van der Waals surface area contributed by atoms with Crippen LogP contribution in [0, 0.1) is 0 Å². The van der Waals surface area contributed by atoms with Crippen molar-refractivity contribution < 1.29 is 4.79 Å². The fraction of sp³-hybridized carbons (Fsp3) is 0.500. The van der Waals surface area contributed by atoms with E-state index in [1.54, 1.807) is 22.7 Å². The Morgan fingerprint density at radius 3 is 1.95 bits per heavy atom. The highest BCUT2D eigenvalue weighted by atomic mass is 32.1. The van der Waals surface area contributed by atoms with Crippen LogP contribution in [0.5, 0.6) is 0 Å². The second kappa shape index (κ2) is 10.1. The van der Waals surface area contributed by atoms with Gasteiger partial charge < -0.3 is 10.6 Å². The van der Waals surface area contributed by atoms with Crippen LogP contribution >= 0.6 is 22.7 Å². The number of nitrogens with one attached hydrogen (secondary N) is 2. The summed E-state index contributed by atoms with van der Waals surface area (Å²) in [5, 5.41) is 7.52. The van der Waals surface area contributed by atoms with Crippen molar-refractivity contribution in [3.05, 3.63) is 67.1 Å². The van der Waals surface area contributed by atoms with Crippen LogP contribution in [0.25, 0.3) is 23.3 Å². The SMILES string of the molecule is CC1(C)C=C(c2ccc(C=C3CCCC(=Cc4ccc(C5=CCC(C)(C)NC5(C)C)s4)C3=O)s2)CC(C)(C)N1. The first kappa shape index (κ1) is 28.5. The normalized spacial score (nSPS) is 26.0. The molecule has 0 unspecified atom stereocenters. The van der Waals surface area contributed by atoms with Crippen molar-refractivity contribution in [3.8, 4) is 0 Å². The van der Waals surface area contributed by atoms with Gasteiger partial charge in [0, 0.05) is 52.8 Å². The van der Waals surface area contributed by atoms with Gasteiger partial charge in [-0.25, -0.2) is 0 Å². The summed E-state index contributed by atoms with van der Waals surface area (Å²) in [4.78, 5) is 18.5. The van der Waals surface area contributed by atoms with Gasteiger partial charge in [0.15, 0.2) is 5.78 Å². The molecule has 5 rings (SSSR count). The molecular formula is C34H44N2OS2. The standard InChI is InChI=1S/C34H44N2OS2/c1-31(2)17-16-27(34(7,8)36-31)29-15-13-26(39-29)19-23-11-9-10-22(30(23)37)18-25-12-14-28(38-25)24-20-32(3,4)35-33(5,6)21-24/h12-16,18-20,35-36H,9-11,17,21H2,1-8H3. The molecule has 0 spiro atoms. The minimum Gasteiger partial charge on any atom is -0.303 e. The van der Waals surface area contributed by atoms with Crippen molar-refractivity contribution in [2.45, 2.75) is 110 Å². The van der Waals surface area contributed by atoms with Crippen molar-refractivity contribution in [2.24, 2.45) is 0 Å². The van der Waals surface area contributed by atoms with Crippen molar-refractivity contribution in [2.75, 3.05) is 0 Å². The lowest BCUT2D eigenvalue weighted by Crippen LogP contribution is -2.54. The average Bonchev–Trinajstić information content (AvgIpc) is 3.43. The van der Waals surface area contributed by atoms with E-state index < -0.39 is 0 Å². The van der Waals surface area contributed by atoms with Gasteiger partial charge in [-0.2, -0.15) is 0 Å². The lowest BCUT2D eigenvalue weighted by Gasteiger charge is -2.42. The van der Waals surface area contributed by atoms with Crippen LogP contribution < -0.4 is 10.6 Å². The minimum atomic E-state index is -0.0805. The number of hydrogen-bond acceptors (Lipinski definition) is 5. The summed E-state index contributed by atoms with van der Waals surface area (Å²) in [6, 6.07) is 8.81. The lowest BCUT2D eigenvalue weighted by molar-refractivity contribution is -0.112.